The summed E-state index contributed by atoms with van der Waals surface area (Å²) >= 11 is 0. The molecule has 1 atom stereocenters. The van der Waals surface area contributed by atoms with Gasteiger partial charge in [0.1, 0.15) is 23.0 Å². The lowest BCUT2D eigenvalue weighted by atomic mass is 10.2. The molecular weight excluding hydrogens is 309 g/mol. The van der Waals surface area contributed by atoms with Gasteiger partial charge in [0.05, 0.1) is 23.5 Å². The molecule has 0 spiro atoms. The molecule has 1 unspecified atom stereocenters. The molecule has 1 aromatic carbocycles. The Morgan fingerprint density at radius 2 is 2.00 bits per heavy atom. The second-order valence-electron chi connectivity index (χ2n) is 5.65. The molecule has 0 saturated heterocycles. The SMILES string of the molecule is Cc1ccc(C(C)NC(=O)c2cnn(-c3ccccc3F)c2C)o1. The maximum Gasteiger partial charge on any atom is 0.255 e. The van der Waals surface area contributed by atoms with Gasteiger partial charge < -0.3 is 9.73 Å². The number of para-hydroxylation sites is 1. The highest BCUT2D eigenvalue weighted by Gasteiger charge is 2.19. The van der Waals surface area contributed by atoms with Crippen LogP contribution >= 0.6 is 0 Å². The monoisotopic (exact) mass is 327 g/mol. The molecule has 2 aromatic heterocycles. The van der Waals surface area contributed by atoms with Crippen LogP contribution < -0.4 is 5.32 Å². The number of aryl methyl sites for hydroxylation is 1. The number of furan rings is 1. The van der Waals surface area contributed by atoms with Crippen LogP contribution in [0.5, 0.6) is 0 Å². The molecule has 124 valence electrons. The molecule has 0 fully saturated rings. The molecule has 3 rings (SSSR count). The number of hydrogen-bond acceptors (Lipinski definition) is 3. The number of rotatable bonds is 4. The van der Waals surface area contributed by atoms with Crippen molar-refractivity contribution in [2.24, 2.45) is 0 Å². The number of amides is 1. The van der Waals surface area contributed by atoms with Crippen molar-refractivity contribution in [1.82, 2.24) is 15.1 Å². The summed E-state index contributed by atoms with van der Waals surface area (Å²) in [6.45, 7) is 5.42. The maximum absolute atomic E-state index is 13.9. The van der Waals surface area contributed by atoms with Crippen LogP contribution in [0.15, 0.2) is 47.0 Å². The van der Waals surface area contributed by atoms with Gasteiger partial charge >= 0.3 is 0 Å². The molecule has 0 radical (unpaired) electrons. The molecular formula is C18H18FN3O2. The van der Waals surface area contributed by atoms with Crippen molar-refractivity contribution in [1.29, 1.82) is 0 Å². The van der Waals surface area contributed by atoms with Crippen LogP contribution in [-0.2, 0) is 0 Å². The van der Waals surface area contributed by atoms with E-state index in [1.807, 2.05) is 26.0 Å². The minimum absolute atomic E-state index is 0.276. The van der Waals surface area contributed by atoms with Crippen molar-refractivity contribution in [3.8, 4) is 5.69 Å². The molecule has 24 heavy (non-hydrogen) atoms. The third-order valence-electron chi connectivity index (χ3n) is 3.87. The molecule has 0 aliphatic heterocycles. The Hall–Kier alpha value is -2.89. The zero-order chi connectivity index (χ0) is 17.3. The van der Waals surface area contributed by atoms with E-state index in [-0.39, 0.29) is 11.9 Å². The lowest BCUT2D eigenvalue weighted by molar-refractivity contribution is 0.0934. The maximum atomic E-state index is 13.9. The van der Waals surface area contributed by atoms with Gasteiger partial charge in [-0.25, -0.2) is 9.07 Å². The predicted octanol–water partition coefficient (Wildman–Crippen LogP) is 3.71. The Bertz CT molecular complexity index is 882. The second-order valence-corrected chi connectivity index (χ2v) is 5.65. The van der Waals surface area contributed by atoms with Gasteiger partial charge in [-0.05, 0) is 45.0 Å². The molecule has 6 heteroatoms. The van der Waals surface area contributed by atoms with E-state index >= 15 is 0 Å². The van der Waals surface area contributed by atoms with E-state index in [9.17, 15) is 9.18 Å². The van der Waals surface area contributed by atoms with Gasteiger partial charge in [0.15, 0.2) is 0 Å². The number of carbonyl (C=O) groups is 1. The fraction of sp³-hybridized carbons (Fsp3) is 0.222. The first-order valence-electron chi connectivity index (χ1n) is 7.64. The van der Waals surface area contributed by atoms with E-state index in [0.29, 0.717) is 22.7 Å². The van der Waals surface area contributed by atoms with Gasteiger partial charge in [-0.3, -0.25) is 4.79 Å². The Kier molecular flexibility index (Phi) is 4.20. The molecule has 0 saturated carbocycles. The molecule has 0 aliphatic rings. The van der Waals surface area contributed by atoms with Crippen molar-refractivity contribution < 1.29 is 13.6 Å². The van der Waals surface area contributed by atoms with Crippen molar-refractivity contribution in [3.63, 3.8) is 0 Å². The van der Waals surface area contributed by atoms with Crippen LogP contribution in [0.3, 0.4) is 0 Å². The average Bonchev–Trinajstić information content (AvgIpc) is 3.14. The minimum atomic E-state index is -0.393. The van der Waals surface area contributed by atoms with Crippen molar-refractivity contribution in [2.45, 2.75) is 26.8 Å². The van der Waals surface area contributed by atoms with Gasteiger partial charge in [-0.2, -0.15) is 5.10 Å². The normalized spacial score (nSPS) is 12.2. The topological polar surface area (TPSA) is 60.1 Å². The number of halogens is 1. The molecule has 1 amide bonds. The summed E-state index contributed by atoms with van der Waals surface area (Å²) in [6.07, 6.45) is 1.44. The first-order chi connectivity index (χ1) is 11.5. The molecule has 5 nitrogen and oxygen atoms in total. The Balaban J connectivity index is 1.83. The number of nitrogens with one attached hydrogen (secondary N) is 1. The number of hydrogen-bond donors (Lipinski definition) is 1. The summed E-state index contributed by atoms with van der Waals surface area (Å²) in [5, 5.41) is 7.01. The van der Waals surface area contributed by atoms with E-state index in [0.717, 1.165) is 5.76 Å². The Morgan fingerprint density at radius 1 is 1.25 bits per heavy atom. The smallest absolute Gasteiger partial charge is 0.255 e. The Morgan fingerprint density at radius 3 is 2.67 bits per heavy atom. The van der Waals surface area contributed by atoms with Crippen LogP contribution in [0.2, 0.25) is 0 Å². The Labute approximate surface area is 139 Å². The minimum Gasteiger partial charge on any atom is -0.464 e. The highest BCUT2D eigenvalue weighted by molar-refractivity contribution is 5.95. The summed E-state index contributed by atoms with van der Waals surface area (Å²) in [5.74, 6) is 0.793. The summed E-state index contributed by atoms with van der Waals surface area (Å²) in [6, 6.07) is 9.71. The average molecular weight is 327 g/mol. The molecule has 1 N–H and O–H groups in total. The van der Waals surface area contributed by atoms with Gasteiger partial charge in [0, 0.05) is 0 Å². The summed E-state index contributed by atoms with van der Waals surface area (Å²) in [5.41, 5.74) is 1.28. The summed E-state index contributed by atoms with van der Waals surface area (Å²) < 4.78 is 20.9. The first kappa shape index (κ1) is 16.0. The lowest BCUT2D eigenvalue weighted by Gasteiger charge is -2.11. The third kappa shape index (κ3) is 2.95. The van der Waals surface area contributed by atoms with Crippen LogP contribution in [0.1, 0.15) is 40.5 Å². The zero-order valence-electron chi connectivity index (χ0n) is 13.7. The number of nitrogens with zero attached hydrogens (tertiary/aromatic N) is 2. The lowest BCUT2D eigenvalue weighted by Crippen LogP contribution is -2.26. The van der Waals surface area contributed by atoms with E-state index in [2.05, 4.69) is 10.4 Å². The van der Waals surface area contributed by atoms with E-state index in [1.165, 1.54) is 16.9 Å². The highest BCUT2D eigenvalue weighted by atomic mass is 19.1. The van der Waals surface area contributed by atoms with E-state index in [4.69, 9.17) is 4.42 Å². The van der Waals surface area contributed by atoms with Crippen LogP contribution in [0, 0.1) is 19.7 Å². The molecule has 0 aliphatic carbocycles. The van der Waals surface area contributed by atoms with Crippen molar-refractivity contribution >= 4 is 5.91 Å². The fourth-order valence-electron chi connectivity index (χ4n) is 2.53. The van der Waals surface area contributed by atoms with Crippen LogP contribution in [-0.4, -0.2) is 15.7 Å². The predicted molar refractivity (Wildman–Crippen MR) is 87.6 cm³/mol. The van der Waals surface area contributed by atoms with Gasteiger partial charge in [0.25, 0.3) is 5.91 Å². The molecule has 3 aromatic rings. The molecule has 0 bridgehead atoms. The standard InChI is InChI=1S/C18H18FN3O2/c1-11-8-9-17(24-11)12(2)21-18(23)14-10-20-22(13(14)3)16-7-5-4-6-15(16)19/h4-10,12H,1-3H3,(H,21,23). The van der Waals surface area contributed by atoms with Crippen molar-refractivity contribution in [3.05, 3.63) is 71.2 Å². The third-order valence-corrected chi connectivity index (χ3v) is 3.87. The summed E-state index contributed by atoms with van der Waals surface area (Å²) in [7, 11) is 0. The number of benzene rings is 1. The van der Waals surface area contributed by atoms with Gasteiger partial charge in [-0.15, -0.1) is 0 Å². The second kappa shape index (κ2) is 6.31. The van der Waals surface area contributed by atoms with Gasteiger partial charge in [0.2, 0.25) is 0 Å². The zero-order valence-corrected chi connectivity index (χ0v) is 13.7. The number of aromatic nitrogens is 2. The number of carbonyl (C=O) groups excluding carboxylic acids is 1. The van der Waals surface area contributed by atoms with Gasteiger partial charge in [-0.1, -0.05) is 12.1 Å². The molecule has 2 heterocycles. The van der Waals surface area contributed by atoms with Crippen LogP contribution in [0.25, 0.3) is 5.69 Å². The first-order valence-corrected chi connectivity index (χ1v) is 7.64. The van der Waals surface area contributed by atoms with Crippen molar-refractivity contribution in [2.75, 3.05) is 0 Å². The van der Waals surface area contributed by atoms with E-state index in [1.54, 1.807) is 25.1 Å². The fourth-order valence-corrected chi connectivity index (χ4v) is 2.53. The van der Waals surface area contributed by atoms with E-state index < -0.39 is 5.82 Å². The quantitative estimate of drug-likeness (QED) is 0.794. The highest BCUT2D eigenvalue weighted by Crippen LogP contribution is 2.19. The van der Waals surface area contributed by atoms with Crippen LogP contribution in [0.4, 0.5) is 4.39 Å². The largest absolute Gasteiger partial charge is 0.464 e. The summed E-state index contributed by atoms with van der Waals surface area (Å²) in [4.78, 5) is 12.5.